The smallest absolute Gasteiger partial charge is 0.251 e. The number of aromatic nitrogens is 2. The maximum absolute atomic E-state index is 13.5. The summed E-state index contributed by atoms with van der Waals surface area (Å²) in [6.45, 7) is 1.80. The first-order chi connectivity index (χ1) is 10.3. The summed E-state index contributed by atoms with van der Waals surface area (Å²) in [5.41, 5.74) is -0.451. The first-order valence-electron chi connectivity index (χ1n) is 8.35. The van der Waals surface area contributed by atoms with Crippen LogP contribution in [0.15, 0.2) is 18.5 Å². The standard InChI is InChI=1S/C16H24N4O/c21-15(20-13-3-1-4-14(20)6-5-13)16(7-10-17-11-8-16)19-12-2-9-18-19/h2,9,12-14,17H,1,3-8,10-11H2. The number of carbonyl (C=O) groups is 1. The van der Waals surface area contributed by atoms with Crippen LogP contribution in [0.2, 0.25) is 0 Å². The Labute approximate surface area is 125 Å². The fourth-order valence-corrected chi connectivity index (χ4v) is 4.59. The third-order valence-electron chi connectivity index (χ3n) is 5.70. The molecular formula is C16H24N4O. The molecule has 5 nitrogen and oxygen atoms in total. The van der Waals surface area contributed by atoms with Crippen molar-refractivity contribution in [1.82, 2.24) is 20.0 Å². The minimum atomic E-state index is -0.451. The number of carbonyl (C=O) groups excluding carboxylic acids is 1. The Hall–Kier alpha value is -1.36. The van der Waals surface area contributed by atoms with Gasteiger partial charge in [0, 0.05) is 24.5 Å². The van der Waals surface area contributed by atoms with E-state index in [4.69, 9.17) is 0 Å². The monoisotopic (exact) mass is 288 g/mol. The third-order valence-corrected chi connectivity index (χ3v) is 5.70. The van der Waals surface area contributed by atoms with Gasteiger partial charge in [-0.2, -0.15) is 5.10 Å². The minimum Gasteiger partial charge on any atom is -0.335 e. The van der Waals surface area contributed by atoms with E-state index in [-0.39, 0.29) is 0 Å². The molecule has 0 aliphatic carbocycles. The van der Waals surface area contributed by atoms with Crippen LogP contribution in [0.1, 0.15) is 44.9 Å². The van der Waals surface area contributed by atoms with Gasteiger partial charge in [-0.3, -0.25) is 9.48 Å². The summed E-state index contributed by atoms with van der Waals surface area (Å²) in [7, 11) is 0. The predicted molar refractivity (Wildman–Crippen MR) is 79.8 cm³/mol. The van der Waals surface area contributed by atoms with Crippen molar-refractivity contribution in [2.45, 2.75) is 62.6 Å². The molecule has 2 bridgehead atoms. The molecule has 1 aromatic rings. The zero-order chi connectivity index (χ0) is 14.3. The van der Waals surface area contributed by atoms with Crippen LogP contribution in [0.5, 0.6) is 0 Å². The van der Waals surface area contributed by atoms with Gasteiger partial charge in [0.15, 0.2) is 0 Å². The predicted octanol–water partition coefficient (Wildman–Crippen LogP) is 1.51. The van der Waals surface area contributed by atoms with Crippen molar-refractivity contribution < 1.29 is 4.79 Å². The van der Waals surface area contributed by atoms with E-state index < -0.39 is 5.54 Å². The SMILES string of the molecule is O=C(N1C2CCCC1CC2)C1(n2cccn2)CCNCC1. The van der Waals surface area contributed by atoms with Gasteiger partial charge in [-0.1, -0.05) is 0 Å². The van der Waals surface area contributed by atoms with E-state index in [1.165, 1.54) is 32.1 Å². The van der Waals surface area contributed by atoms with E-state index in [2.05, 4.69) is 15.3 Å². The van der Waals surface area contributed by atoms with Crippen molar-refractivity contribution >= 4 is 5.91 Å². The summed E-state index contributed by atoms with van der Waals surface area (Å²) < 4.78 is 1.93. The first-order valence-corrected chi connectivity index (χ1v) is 8.35. The maximum atomic E-state index is 13.5. The average molecular weight is 288 g/mol. The van der Waals surface area contributed by atoms with Crippen LogP contribution >= 0.6 is 0 Å². The van der Waals surface area contributed by atoms with E-state index in [0.717, 1.165) is 25.9 Å². The van der Waals surface area contributed by atoms with Crippen LogP contribution in [0.3, 0.4) is 0 Å². The van der Waals surface area contributed by atoms with Crippen LogP contribution in [0.4, 0.5) is 0 Å². The van der Waals surface area contributed by atoms with E-state index >= 15 is 0 Å². The third kappa shape index (κ3) is 2.01. The van der Waals surface area contributed by atoms with Gasteiger partial charge >= 0.3 is 0 Å². The van der Waals surface area contributed by atoms with Gasteiger partial charge in [-0.15, -0.1) is 0 Å². The normalized spacial score (nSPS) is 31.3. The molecule has 2 unspecified atom stereocenters. The highest BCUT2D eigenvalue weighted by atomic mass is 16.2. The van der Waals surface area contributed by atoms with Gasteiger partial charge in [0.25, 0.3) is 5.91 Å². The molecule has 2 atom stereocenters. The minimum absolute atomic E-state index is 0.333. The van der Waals surface area contributed by atoms with Gasteiger partial charge in [0.05, 0.1) is 0 Å². The molecule has 1 aromatic heterocycles. The number of piperidine rings is 2. The molecule has 0 spiro atoms. The number of nitrogens with zero attached hydrogens (tertiary/aromatic N) is 3. The van der Waals surface area contributed by atoms with Gasteiger partial charge < -0.3 is 10.2 Å². The first kappa shape index (κ1) is 13.3. The van der Waals surface area contributed by atoms with Crippen molar-refractivity contribution in [3.05, 3.63) is 18.5 Å². The summed E-state index contributed by atoms with van der Waals surface area (Å²) in [6.07, 6.45) is 11.5. The Morgan fingerprint density at radius 2 is 1.86 bits per heavy atom. The lowest BCUT2D eigenvalue weighted by Gasteiger charge is -2.44. The lowest BCUT2D eigenvalue weighted by molar-refractivity contribution is -0.147. The molecule has 0 saturated carbocycles. The van der Waals surface area contributed by atoms with Crippen molar-refractivity contribution in [2.75, 3.05) is 13.1 Å². The number of nitrogens with one attached hydrogen (secondary N) is 1. The zero-order valence-corrected chi connectivity index (χ0v) is 12.5. The summed E-state index contributed by atoms with van der Waals surface area (Å²) in [4.78, 5) is 15.7. The topological polar surface area (TPSA) is 50.2 Å². The maximum Gasteiger partial charge on any atom is 0.251 e. The molecule has 3 aliphatic rings. The summed E-state index contributed by atoms with van der Waals surface area (Å²) >= 11 is 0. The molecule has 3 fully saturated rings. The molecule has 1 amide bonds. The van der Waals surface area contributed by atoms with E-state index in [0.29, 0.717) is 18.0 Å². The Kier molecular flexibility index (Phi) is 3.25. The zero-order valence-electron chi connectivity index (χ0n) is 12.5. The lowest BCUT2D eigenvalue weighted by atomic mass is 9.85. The molecule has 5 heteroatoms. The highest BCUT2D eigenvalue weighted by Crippen LogP contribution is 2.40. The second-order valence-corrected chi connectivity index (χ2v) is 6.76. The number of hydrogen-bond donors (Lipinski definition) is 1. The number of hydrogen-bond acceptors (Lipinski definition) is 3. The molecule has 1 N–H and O–H groups in total. The Morgan fingerprint density at radius 3 is 2.48 bits per heavy atom. The van der Waals surface area contributed by atoms with E-state index in [9.17, 15) is 4.79 Å². The van der Waals surface area contributed by atoms with E-state index in [1.54, 1.807) is 6.20 Å². The van der Waals surface area contributed by atoms with Gasteiger partial charge in [0.2, 0.25) is 0 Å². The Balaban J connectivity index is 1.69. The van der Waals surface area contributed by atoms with Gasteiger partial charge in [0.1, 0.15) is 5.54 Å². The van der Waals surface area contributed by atoms with Crippen LogP contribution in [0, 0.1) is 0 Å². The summed E-state index contributed by atoms with van der Waals surface area (Å²) in [5.74, 6) is 0.333. The largest absolute Gasteiger partial charge is 0.335 e. The average Bonchev–Trinajstić information content (AvgIpc) is 3.14. The van der Waals surface area contributed by atoms with Crippen LogP contribution in [0.25, 0.3) is 0 Å². The molecule has 4 rings (SSSR count). The summed E-state index contributed by atoms with van der Waals surface area (Å²) in [5, 5.41) is 7.83. The van der Waals surface area contributed by atoms with E-state index in [1.807, 2.05) is 16.9 Å². The molecular weight excluding hydrogens is 264 g/mol. The number of fused-ring (bicyclic) bond motifs is 2. The van der Waals surface area contributed by atoms with Crippen molar-refractivity contribution in [3.8, 4) is 0 Å². The Morgan fingerprint density at radius 1 is 1.14 bits per heavy atom. The Bertz CT molecular complexity index is 490. The second-order valence-electron chi connectivity index (χ2n) is 6.76. The molecule has 21 heavy (non-hydrogen) atoms. The van der Waals surface area contributed by atoms with Gasteiger partial charge in [-0.25, -0.2) is 0 Å². The number of amides is 1. The molecule has 4 heterocycles. The summed E-state index contributed by atoms with van der Waals surface area (Å²) in [6, 6.07) is 2.90. The fraction of sp³-hybridized carbons (Fsp3) is 0.750. The molecule has 0 aromatic carbocycles. The van der Waals surface area contributed by atoms with Crippen LogP contribution in [-0.2, 0) is 10.3 Å². The van der Waals surface area contributed by atoms with Gasteiger partial charge in [-0.05, 0) is 64.1 Å². The number of rotatable bonds is 2. The lowest BCUT2D eigenvalue weighted by Crippen LogP contribution is -2.59. The fourth-order valence-electron chi connectivity index (χ4n) is 4.59. The van der Waals surface area contributed by atoms with Crippen molar-refractivity contribution in [1.29, 1.82) is 0 Å². The van der Waals surface area contributed by atoms with Crippen molar-refractivity contribution in [2.24, 2.45) is 0 Å². The molecule has 0 radical (unpaired) electrons. The molecule has 114 valence electrons. The highest BCUT2D eigenvalue weighted by molar-refractivity contribution is 5.85. The second kappa shape index (κ2) is 5.13. The van der Waals surface area contributed by atoms with Crippen LogP contribution in [-0.4, -0.2) is 45.8 Å². The molecule has 3 saturated heterocycles. The highest BCUT2D eigenvalue weighted by Gasteiger charge is 2.50. The van der Waals surface area contributed by atoms with Crippen LogP contribution < -0.4 is 5.32 Å². The molecule has 3 aliphatic heterocycles. The van der Waals surface area contributed by atoms with Crippen molar-refractivity contribution in [3.63, 3.8) is 0 Å². The quantitative estimate of drug-likeness (QED) is 0.897.